The number of hydrogen-bond donors (Lipinski definition) is 1. The number of rotatable bonds is 5. The van der Waals surface area contributed by atoms with Crippen LogP contribution in [0.15, 0.2) is 54.6 Å². The molecule has 0 unspecified atom stereocenters. The summed E-state index contributed by atoms with van der Waals surface area (Å²) in [7, 11) is 0. The summed E-state index contributed by atoms with van der Waals surface area (Å²) in [6.45, 7) is 1.66. The zero-order valence-corrected chi connectivity index (χ0v) is 13.5. The highest BCUT2D eigenvalue weighted by Crippen LogP contribution is 2.25. The van der Waals surface area contributed by atoms with E-state index in [4.69, 9.17) is 0 Å². The molecule has 1 saturated heterocycles. The number of imide groups is 1. The van der Waals surface area contributed by atoms with Gasteiger partial charge in [0.2, 0.25) is 0 Å². The Hall–Kier alpha value is -2.69. The SMILES string of the molecule is C[C@@]1(CCc2ccccc2)NC(=O)N(Cc2ccccc2F)C1=O. The predicted octanol–water partition coefficient (Wildman–Crippen LogP) is 3.27. The molecule has 1 fully saturated rings. The quantitative estimate of drug-likeness (QED) is 0.857. The number of halogens is 1. The Morgan fingerprint density at radius 2 is 1.71 bits per heavy atom. The van der Waals surface area contributed by atoms with Crippen LogP contribution >= 0.6 is 0 Å². The number of hydrogen-bond acceptors (Lipinski definition) is 2. The minimum absolute atomic E-state index is 0.0573. The summed E-state index contributed by atoms with van der Waals surface area (Å²) in [6, 6.07) is 15.5. The molecule has 2 aromatic carbocycles. The van der Waals surface area contributed by atoms with Gasteiger partial charge < -0.3 is 5.32 Å². The Morgan fingerprint density at radius 1 is 1.04 bits per heavy atom. The number of urea groups is 1. The smallest absolute Gasteiger partial charge is 0.323 e. The van der Waals surface area contributed by atoms with E-state index in [1.165, 1.54) is 6.07 Å². The fourth-order valence-electron chi connectivity index (χ4n) is 2.90. The molecule has 1 atom stereocenters. The van der Waals surface area contributed by atoms with Gasteiger partial charge in [0.25, 0.3) is 5.91 Å². The molecule has 0 saturated carbocycles. The van der Waals surface area contributed by atoms with E-state index < -0.39 is 17.4 Å². The van der Waals surface area contributed by atoms with Crippen molar-refractivity contribution in [2.75, 3.05) is 0 Å². The molecular weight excluding hydrogens is 307 g/mol. The van der Waals surface area contributed by atoms with Crippen LogP contribution in [0.3, 0.4) is 0 Å². The first-order valence-electron chi connectivity index (χ1n) is 7.91. The lowest BCUT2D eigenvalue weighted by Gasteiger charge is -2.21. The second kappa shape index (κ2) is 6.43. The number of aryl methyl sites for hydroxylation is 1. The molecule has 5 heteroatoms. The lowest BCUT2D eigenvalue weighted by atomic mass is 9.93. The lowest BCUT2D eigenvalue weighted by molar-refractivity contribution is -0.131. The predicted molar refractivity (Wildman–Crippen MR) is 88.6 cm³/mol. The third-order valence-corrected chi connectivity index (χ3v) is 4.39. The molecule has 0 aromatic heterocycles. The number of nitrogens with one attached hydrogen (secondary N) is 1. The highest BCUT2D eigenvalue weighted by molar-refractivity contribution is 6.06. The van der Waals surface area contributed by atoms with Crippen LogP contribution in [-0.4, -0.2) is 22.4 Å². The third-order valence-electron chi connectivity index (χ3n) is 4.39. The molecule has 2 aromatic rings. The molecule has 0 aliphatic carbocycles. The molecule has 3 rings (SSSR count). The van der Waals surface area contributed by atoms with Gasteiger partial charge in [0.15, 0.2) is 0 Å². The first kappa shape index (κ1) is 16.2. The second-order valence-corrected chi connectivity index (χ2v) is 6.23. The van der Waals surface area contributed by atoms with Gasteiger partial charge in [0.1, 0.15) is 11.4 Å². The van der Waals surface area contributed by atoms with Crippen LogP contribution in [-0.2, 0) is 17.8 Å². The van der Waals surface area contributed by atoms with Crippen LogP contribution in [0.25, 0.3) is 0 Å². The van der Waals surface area contributed by atoms with E-state index in [0.29, 0.717) is 18.4 Å². The summed E-state index contributed by atoms with van der Waals surface area (Å²) < 4.78 is 13.8. The molecule has 4 nitrogen and oxygen atoms in total. The van der Waals surface area contributed by atoms with E-state index in [1.54, 1.807) is 25.1 Å². The van der Waals surface area contributed by atoms with E-state index in [-0.39, 0.29) is 12.5 Å². The Balaban J connectivity index is 1.72. The van der Waals surface area contributed by atoms with E-state index in [0.717, 1.165) is 10.5 Å². The Labute approximate surface area is 140 Å². The first-order chi connectivity index (χ1) is 11.5. The molecule has 1 aliphatic rings. The van der Waals surface area contributed by atoms with Crippen molar-refractivity contribution in [1.29, 1.82) is 0 Å². The first-order valence-corrected chi connectivity index (χ1v) is 7.91. The summed E-state index contributed by atoms with van der Waals surface area (Å²) in [6.07, 6.45) is 1.17. The number of nitrogens with zero attached hydrogens (tertiary/aromatic N) is 1. The number of amides is 3. The molecule has 1 heterocycles. The summed E-state index contributed by atoms with van der Waals surface area (Å²) in [5.41, 5.74) is 0.472. The fourth-order valence-corrected chi connectivity index (χ4v) is 2.90. The van der Waals surface area contributed by atoms with Crippen molar-refractivity contribution in [2.45, 2.75) is 31.8 Å². The second-order valence-electron chi connectivity index (χ2n) is 6.23. The van der Waals surface area contributed by atoms with Gasteiger partial charge in [-0.2, -0.15) is 0 Å². The molecule has 0 radical (unpaired) electrons. The average molecular weight is 326 g/mol. The van der Waals surface area contributed by atoms with E-state index in [1.807, 2.05) is 30.3 Å². The van der Waals surface area contributed by atoms with Crippen molar-refractivity contribution in [3.8, 4) is 0 Å². The van der Waals surface area contributed by atoms with Gasteiger partial charge in [0.05, 0.1) is 6.54 Å². The largest absolute Gasteiger partial charge is 0.325 e. The van der Waals surface area contributed by atoms with Gasteiger partial charge in [-0.05, 0) is 31.4 Å². The van der Waals surface area contributed by atoms with Gasteiger partial charge in [-0.25, -0.2) is 9.18 Å². The van der Waals surface area contributed by atoms with Crippen molar-refractivity contribution in [3.05, 3.63) is 71.5 Å². The van der Waals surface area contributed by atoms with Crippen LogP contribution in [0.2, 0.25) is 0 Å². The maximum absolute atomic E-state index is 13.8. The molecule has 0 spiro atoms. The van der Waals surface area contributed by atoms with E-state index >= 15 is 0 Å². The summed E-state index contributed by atoms with van der Waals surface area (Å²) in [4.78, 5) is 26.0. The molecule has 1 N–H and O–H groups in total. The van der Waals surface area contributed by atoms with Crippen molar-refractivity contribution in [2.24, 2.45) is 0 Å². The van der Waals surface area contributed by atoms with Gasteiger partial charge in [0, 0.05) is 5.56 Å². The minimum atomic E-state index is -0.960. The Bertz CT molecular complexity index is 763. The molecule has 124 valence electrons. The Kier molecular flexibility index (Phi) is 4.34. The molecule has 1 aliphatic heterocycles. The van der Waals surface area contributed by atoms with Crippen LogP contribution in [0, 0.1) is 5.82 Å². The number of benzene rings is 2. The molecule has 3 amide bonds. The maximum atomic E-state index is 13.8. The van der Waals surface area contributed by atoms with Crippen LogP contribution in [0.1, 0.15) is 24.5 Å². The molecule has 0 bridgehead atoms. The van der Waals surface area contributed by atoms with Gasteiger partial charge >= 0.3 is 6.03 Å². The van der Waals surface area contributed by atoms with Gasteiger partial charge in [-0.1, -0.05) is 48.5 Å². The minimum Gasteiger partial charge on any atom is -0.323 e. The van der Waals surface area contributed by atoms with Crippen molar-refractivity contribution >= 4 is 11.9 Å². The van der Waals surface area contributed by atoms with Crippen LogP contribution < -0.4 is 5.32 Å². The van der Waals surface area contributed by atoms with Gasteiger partial charge in [-0.15, -0.1) is 0 Å². The highest BCUT2D eigenvalue weighted by atomic mass is 19.1. The Morgan fingerprint density at radius 3 is 2.42 bits per heavy atom. The zero-order chi connectivity index (χ0) is 17.2. The number of carbonyl (C=O) groups excluding carboxylic acids is 2. The van der Waals surface area contributed by atoms with Crippen molar-refractivity contribution in [3.63, 3.8) is 0 Å². The number of carbonyl (C=O) groups is 2. The van der Waals surface area contributed by atoms with Gasteiger partial charge in [-0.3, -0.25) is 9.69 Å². The molecular formula is C19H19FN2O2. The normalized spacial score (nSPS) is 20.3. The lowest BCUT2D eigenvalue weighted by Crippen LogP contribution is -2.44. The zero-order valence-electron chi connectivity index (χ0n) is 13.5. The summed E-state index contributed by atoms with van der Waals surface area (Å²) in [5.74, 6) is -0.734. The van der Waals surface area contributed by atoms with Crippen molar-refractivity contribution < 1.29 is 14.0 Å². The van der Waals surface area contributed by atoms with E-state index in [9.17, 15) is 14.0 Å². The summed E-state index contributed by atoms with van der Waals surface area (Å²) >= 11 is 0. The van der Waals surface area contributed by atoms with Crippen LogP contribution in [0.5, 0.6) is 0 Å². The van der Waals surface area contributed by atoms with Crippen molar-refractivity contribution in [1.82, 2.24) is 10.2 Å². The summed E-state index contributed by atoms with van der Waals surface area (Å²) in [5, 5.41) is 2.76. The fraction of sp³-hybridized carbons (Fsp3) is 0.263. The van der Waals surface area contributed by atoms with E-state index in [2.05, 4.69) is 5.32 Å². The third kappa shape index (κ3) is 3.15. The average Bonchev–Trinajstić information content (AvgIpc) is 2.80. The topological polar surface area (TPSA) is 49.4 Å². The monoisotopic (exact) mass is 326 g/mol. The molecule has 24 heavy (non-hydrogen) atoms. The highest BCUT2D eigenvalue weighted by Gasteiger charge is 2.47. The maximum Gasteiger partial charge on any atom is 0.325 e. The van der Waals surface area contributed by atoms with Crippen LogP contribution in [0.4, 0.5) is 9.18 Å². The standard InChI is InChI=1S/C19H19FN2O2/c1-19(12-11-14-7-3-2-4-8-14)17(23)22(18(24)21-19)13-15-9-5-6-10-16(15)20/h2-10H,11-13H2,1H3,(H,21,24)/t19-/m0/s1.